The summed E-state index contributed by atoms with van der Waals surface area (Å²) < 4.78 is 1.55. The summed E-state index contributed by atoms with van der Waals surface area (Å²) in [4.78, 5) is 4.32. The number of anilines is 2. The molecule has 1 saturated heterocycles. The number of likely N-dealkylation sites (N-methyl/N-ethyl adjacent to an activating group) is 1. The first-order valence-corrected chi connectivity index (χ1v) is 6.24. The van der Waals surface area contributed by atoms with Gasteiger partial charge in [-0.2, -0.15) is 15.6 Å². The molecule has 0 aliphatic carbocycles. The van der Waals surface area contributed by atoms with Crippen LogP contribution in [0.15, 0.2) is 0 Å². The van der Waals surface area contributed by atoms with Gasteiger partial charge in [0.15, 0.2) is 5.82 Å². The van der Waals surface area contributed by atoms with Crippen molar-refractivity contribution >= 4 is 11.6 Å². The summed E-state index contributed by atoms with van der Waals surface area (Å²) in [6.45, 7) is 3.97. The van der Waals surface area contributed by atoms with Crippen LogP contribution in [0, 0.1) is 22.7 Å². The second-order valence-corrected chi connectivity index (χ2v) is 4.62. The maximum Gasteiger partial charge on any atom is 0.171 e. The molecule has 0 radical (unpaired) electrons. The Hall–Kier alpha value is -2.25. The third kappa shape index (κ3) is 2.61. The third-order valence-corrected chi connectivity index (χ3v) is 3.32. The Bertz CT molecular complexity index is 525. The number of rotatable bonds is 3. The molecule has 1 fully saturated rings. The van der Waals surface area contributed by atoms with Crippen LogP contribution in [-0.2, 0) is 6.54 Å². The van der Waals surface area contributed by atoms with Crippen LogP contribution < -0.4 is 10.6 Å². The SMILES string of the molecule is CN1CCN(c2nn(CCC#N)c(N)c2C#N)CC1. The average Bonchev–Trinajstić information content (AvgIpc) is 2.73. The van der Waals surface area contributed by atoms with E-state index in [4.69, 9.17) is 11.0 Å². The number of nitrogens with zero attached hydrogens (tertiary/aromatic N) is 6. The molecule has 7 nitrogen and oxygen atoms in total. The summed E-state index contributed by atoms with van der Waals surface area (Å²) in [5.41, 5.74) is 6.34. The van der Waals surface area contributed by atoms with Crippen molar-refractivity contribution in [1.82, 2.24) is 14.7 Å². The third-order valence-electron chi connectivity index (χ3n) is 3.32. The van der Waals surface area contributed by atoms with Crippen molar-refractivity contribution in [3.63, 3.8) is 0 Å². The first kappa shape index (κ1) is 13.2. The van der Waals surface area contributed by atoms with Crippen molar-refractivity contribution in [3.8, 4) is 12.1 Å². The van der Waals surface area contributed by atoms with Gasteiger partial charge >= 0.3 is 0 Å². The topological polar surface area (TPSA) is 97.9 Å². The highest BCUT2D eigenvalue weighted by Crippen LogP contribution is 2.25. The number of nitrogens with two attached hydrogens (primary N) is 1. The zero-order chi connectivity index (χ0) is 13.8. The van der Waals surface area contributed by atoms with Crippen molar-refractivity contribution in [2.75, 3.05) is 43.9 Å². The molecule has 2 N–H and O–H groups in total. The van der Waals surface area contributed by atoms with Gasteiger partial charge in [-0.25, -0.2) is 4.68 Å². The van der Waals surface area contributed by atoms with Gasteiger partial charge in [0.25, 0.3) is 0 Å². The molecule has 100 valence electrons. The van der Waals surface area contributed by atoms with Crippen molar-refractivity contribution in [1.29, 1.82) is 10.5 Å². The van der Waals surface area contributed by atoms with E-state index < -0.39 is 0 Å². The maximum absolute atomic E-state index is 9.24. The Labute approximate surface area is 112 Å². The van der Waals surface area contributed by atoms with Gasteiger partial charge in [-0.05, 0) is 7.05 Å². The summed E-state index contributed by atoms with van der Waals surface area (Å²) in [6.07, 6.45) is 0.332. The van der Waals surface area contributed by atoms with E-state index in [2.05, 4.69) is 34.1 Å². The molecule has 2 rings (SSSR count). The summed E-state index contributed by atoms with van der Waals surface area (Å²) >= 11 is 0. The fraction of sp³-hybridized carbons (Fsp3) is 0.583. The number of hydrogen-bond acceptors (Lipinski definition) is 6. The zero-order valence-electron chi connectivity index (χ0n) is 11.0. The minimum absolute atomic E-state index is 0.332. The minimum Gasteiger partial charge on any atom is -0.383 e. The number of hydrogen-bond donors (Lipinski definition) is 1. The Balaban J connectivity index is 2.25. The van der Waals surface area contributed by atoms with Crippen LogP contribution in [0.25, 0.3) is 0 Å². The fourth-order valence-corrected chi connectivity index (χ4v) is 2.14. The van der Waals surface area contributed by atoms with Gasteiger partial charge in [0.1, 0.15) is 17.5 Å². The molecular formula is C12H17N7. The van der Waals surface area contributed by atoms with E-state index in [-0.39, 0.29) is 0 Å². The molecule has 7 heteroatoms. The molecule has 0 bridgehead atoms. The van der Waals surface area contributed by atoms with Gasteiger partial charge in [-0.1, -0.05) is 0 Å². The minimum atomic E-state index is 0.332. The Morgan fingerprint density at radius 1 is 1.26 bits per heavy atom. The van der Waals surface area contributed by atoms with E-state index in [1.807, 2.05) is 0 Å². The number of piperazine rings is 1. The van der Waals surface area contributed by atoms with Gasteiger partial charge in [-0.3, -0.25) is 0 Å². The van der Waals surface area contributed by atoms with Crippen molar-refractivity contribution < 1.29 is 0 Å². The van der Waals surface area contributed by atoms with E-state index in [1.165, 1.54) is 0 Å². The standard InChI is InChI=1S/C12H17N7/c1-17-5-7-18(8-6-17)12-10(9-14)11(15)19(16-12)4-2-3-13/h2,4-8,15H2,1H3. The molecule has 0 aromatic carbocycles. The number of nitrogen functional groups attached to an aromatic ring is 1. The van der Waals surface area contributed by atoms with Crippen LogP contribution in [0.5, 0.6) is 0 Å². The Morgan fingerprint density at radius 3 is 2.53 bits per heavy atom. The summed E-state index contributed by atoms with van der Waals surface area (Å²) in [7, 11) is 2.07. The number of aromatic nitrogens is 2. The molecule has 2 heterocycles. The first-order valence-electron chi connectivity index (χ1n) is 6.24. The maximum atomic E-state index is 9.24. The predicted molar refractivity (Wildman–Crippen MR) is 71.3 cm³/mol. The van der Waals surface area contributed by atoms with Gasteiger partial charge in [0, 0.05) is 26.2 Å². The molecule has 1 aromatic rings. The first-order chi connectivity index (χ1) is 9.17. The molecule has 0 amide bonds. The van der Waals surface area contributed by atoms with E-state index in [9.17, 15) is 5.26 Å². The second kappa shape index (κ2) is 5.59. The smallest absolute Gasteiger partial charge is 0.171 e. The van der Waals surface area contributed by atoms with Gasteiger partial charge < -0.3 is 15.5 Å². The van der Waals surface area contributed by atoms with Gasteiger partial charge in [0.05, 0.1) is 19.0 Å². The molecule has 0 unspecified atom stereocenters. The highest BCUT2D eigenvalue weighted by atomic mass is 15.4. The number of nitriles is 2. The molecule has 1 aromatic heterocycles. The summed E-state index contributed by atoms with van der Waals surface area (Å²) in [5, 5.41) is 22.2. The van der Waals surface area contributed by atoms with Gasteiger partial charge in [-0.15, -0.1) is 0 Å². The Kier molecular flexibility index (Phi) is 3.88. The molecule has 0 atom stereocenters. The van der Waals surface area contributed by atoms with Crippen LogP contribution in [0.2, 0.25) is 0 Å². The normalized spacial score (nSPS) is 16.1. The quantitative estimate of drug-likeness (QED) is 0.820. The van der Waals surface area contributed by atoms with Crippen LogP contribution in [0.3, 0.4) is 0 Å². The van der Waals surface area contributed by atoms with Crippen LogP contribution in [0.4, 0.5) is 11.6 Å². The highest BCUT2D eigenvalue weighted by Gasteiger charge is 2.23. The lowest BCUT2D eigenvalue weighted by molar-refractivity contribution is 0.311. The molecule has 0 saturated carbocycles. The Morgan fingerprint density at radius 2 is 1.95 bits per heavy atom. The van der Waals surface area contributed by atoms with E-state index in [0.29, 0.717) is 30.2 Å². The average molecular weight is 259 g/mol. The second-order valence-electron chi connectivity index (χ2n) is 4.62. The largest absolute Gasteiger partial charge is 0.383 e. The van der Waals surface area contributed by atoms with E-state index in [0.717, 1.165) is 26.2 Å². The molecule has 0 spiro atoms. The predicted octanol–water partition coefficient (Wildman–Crippen LogP) is 0.00246. The molecular weight excluding hydrogens is 242 g/mol. The summed E-state index contributed by atoms with van der Waals surface area (Å²) in [5.74, 6) is 0.998. The molecule has 1 aliphatic rings. The van der Waals surface area contributed by atoms with Crippen molar-refractivity contribution in [2.24, 2.45) is 0 Å². The highest BCUT2D eigenvalue weighted by molar-refractivity contribution is 5.65. The molecule has 1 aliphatic heterocycles. The lowest BCUT2D eigenvalue weighted by Crippen LogP contribution is -2.45. The fourth-order valence-electron chi connectivity index (χ4n) is 2.14. The van der Waals surface area contributed by atoms with Crippen molar-refractivity contribution in [3.05, 3.63) is 5.56 Å². The van der Waals surface area contributed by atoms with Crippen LogP contribution in [-0.4, -0.2) is 47.9 Å². The number of aryl methyl sites for hydroxylation is 1. The molecule has 19 heavy (non-hydrogen) atoms. The van der Waals surface area contributed by atoms with Crippen molar-refractivity contribution in [2.45, 2.75) is 13.0 Å². The van der Waals surface area contributed by atoms with Gasteiger partial charge in [0.2, 0.25) is 0 Å². The zero-order valence-corrected chi connectivity index (χ0v) is 11.0. The van der Waals surface area contributed by atoms with Crippen LogP contribution >= 0.6 is 0 Å². The van der Waals surface area contributed by atoms with E-state index >= 15 is 0 Å². The lowest BCUT2D eigenvalue weighted by Gasteiger charge is -2.32. The monoisotopic (exact) mass is 259 g/mol. The van der Waals surface area contributed by atoms with Crippen LogP contribution in [0.1, 0.15) is 12.0 Å². The lowest BCUT2D eigenvalue weighted by atomic mass is 10.2. The summed E-state index contributed by atoms with van der Waals surface area (Å²) in [6, 6.07) is 4.18. The van der Waals surface area contributed by atoms with E-state index in [1.54, 1.807) is 4.68 Å².